The van der Waals surface area contributed by atoms with E-state index in [1.54, 1.807) is 0 Å². The van der Waals surface area contributed by atoms with Crippen LogP contribution >= 0.6 is 0 Å². The largest absolute Gasteiger partial charge is 0.412 e. The zero-order chi connectivity index (χ0) is 18.0. The highest BCUT2D eigenvalue weighted by Gasteiger charge is 2.52. The second-order valence-corrected chi connectivity index (χ2v) is 21.7. The zero-order valence-electron chi connectivity index (χ0n) is 16.6. The predicted octanol–water partition coefficient (Wildman–Crippen LogP) is 5.61. The van der Waals surface area contributed by atoms with Gasteiger partial charge in [0, 0.05) is 5.22 Å². The molecule has 0 rings (SSSR count). The molecule has 130 valence electrons. The van der Waals surface area contributed by atoms with E-state index in [1.165, 1.54) is 0 Å². The van der Waals surface area contributed by atoms with Crippen molar-refractivity contribution < 1.29 is 8.85 Å². The van der Waals surface area contributed by atoms with Crippen molar-refractivity contribution in [2.45, 2.75) is 83.8 Å². The molecule has 0 aliphatic heterocycles. The molecule has 1 atom stereocenters. The molecule has 2 nitrogen and oxygen atoms in total. The third-order valence-corrected chi connectivity index (χ3v) is 16.1. The molecule has 0 spiro atoms. The number of hydrogen-bond donors (Lipinski definition) is 0. The van der Waals surface area contributed by atoms with Gasteiger partial charge in [0.2, 0.25) is 16.6 Å². The van der Waals surface area contributed by atoms with E-state index in [0.717, 1.165) is 6.42 Å². The van der Waals surface area contributed by atoms with E-state index in [0.29, 0.717) is 0 Å². The van der Waals surface area contributed by atoms with Gasteiger partial charge in [0.15, 0.2) is 0 Å². The molecular weight excluding hydrogens is 320 g/mol. The molecule has 0 aromatic carbocycles. The molecule has 0 aliphatic rings. The molecular formula is C17H38O2Si3. The van der Waals surface area contributed by atoms with Crippen molar-refractivity contribution in [3.8, 4) is 0 Å². The molecule has 0 aromatic heterocycles. The van der Waals surface area contributed by atoms with E-state index in [2.05, 4.69) is 85.8 Å². The van der Waals surface area contributed by atoms with Crippen molar-refractivity contribution in [2.75, 3.05) is 0 Å². The summed E-state index contributed by atoms with van der Waals surface area (Å²) >= 11 is 0. The Morgan fingerprint density at radius 3 is 1.64 bits per heavy atom. The van der Waals surface area contributed by atoms with Gasteiger partial charge in [0.1, 0.15) is 8.07 Å². The third-order valence-electron chi connectivity index (χ3n) is 5.50. The summed E-state index contributed by atoms with van der Waals surface area (Å²) in [5, 5.41) is -0.357. The monoisotopic (exact) mass is 358 g/mol. The fraction of sp³-hybridized carbons (Fsp3) is 0.765. The van der Waals surface area contributed by atoms with E-state index in [-0.39, 0.29) is 10.4 Å². The third kappa shape index (κ3) is 4.77. The van der Waals surface area contributed by atoms with Crippen LogP contribution in [0.5, 0.6) is 0 Å². The Morgan fingerprint density at radius 1 is 0.864 bits per heavy atom. The van der Waals surface area contributed by atoms with Crippen LogP contribution in [-0.2, 0) is 8.85 Å². The van der Waals surface area contributed by atoms with Crippen LogP contribution in [0.2, 0.25) is 39.3 Å². The summed E-state index contributed by atoms with van der Waals surface area (Å²) in [6.45, 7) is 30.5. The zero-order valence-corrected chi connectivity index (χ0v) is 19.6. The fourth-order valence-corrected chi connectivity index (χ4v) is 10.2. The normalized spacial score (nSPS) is 17.0. The number of hydrogen-bond acceptors (Lipinski definition) is 2. The van der Waals surface area contributed by atoms with Crippen LogP contribution in [0.15, 0.2) is 24.6 Å². The van der Waals surface area contributed by atoms with Crippen molar-refractivity contribution in [2.24, 2.45) is 0 Å². The minimum Gasteiger partial charge on any atom is -0.412 e. The molecule has 0 radical (unpaired) electrons. The van der Waals surface area contributed by atoms with E-state index in [1.807, 2.05) is 5.70 Å². The van der Waals surface area contributed by atoms with Crippen LogP contribution in [0.3, 0.4) is 0 Å². The highest BCUT2D eigenvalue weighted by Crippen LogP contribution is 2.38. The van der Waals surface area contributed by atoms with Crippen LogP contribution in [0.1, 0.15) is 34.1 Å². The number of rotatable bonds is 9. The summed E-state index contributed by atoms with van der Waals surface area (Å²) in [6.07, 6.45) is 0.961. The van der Waals surface area contributed by atoms with Crippen molar-refractivity contribution in [3.05, 3.63) is 24.6 Å². The Balaban J connectivity index is 5.59. The predicted molar refractivity (Wildman–Crippen MR) is 108 cm³/mol. The average Bonchev–Trinajstić information content (AvgIpc) is 2.36. The average molecular weight is 359 g/mol. The van der Waals surface area contributed by atoms with Gasteiger partial charge in [-0.15, -0.1) is 13.2 Å². The minimum absolute atomic E-state index is 0.149. The van der Waals surface area contributed by atoms with Gasteiger partial charge in [0.25, 0.3) is 0 Å². The minimum atomic E-state index is -2.09. The molecule has 0 fully saturated rings. The van der Waals surface area contributed by atoms with E-state index >= 15 is 0 Å². The molecule has 0 N–H and O–H groups in total. The Bertz CT molecular complexity index is 414. The van der Waals surface area contributed by atoms with Crippen molar-refractivity contribution in [1.29, 1.82) is 0 Å². The lowest BCUT2D eigenvalue weighted by molar-refractivity contribution is 0.0875. The van der Waals surface area contributed by atoms with Crippen molar-refractivity contribution >= 4 is 24.7 Å². The second-order valence-electron chi connectivity index (χ2n) is 8.54. The van der Waals surface area contributed by atoms with Gasteiger partial charge in [-0.2, -0.15) is 0 Å². The highest BCUT2D eigenvalue weighted by molar-refractivity contribution is 6.86. The summed E-state index contributed by atoms with van der Waals surface area (Å²) in [4.78, 5) is 0. The topological polar surface area (TPSA) is 18.5 Å². The van der Waals surface area contributed by atoms with Crippen LogP contribution in [0.25, 0.3) is 0 Å². The summed E-state index contributed by atoms with van der Waals surface area (Å²) in [5.41, 5.74) is 4.14. The maximum Gasteiger partial charge on any atom is 0.216 e. The lowest BCUT2D eigenvalue weighted by Gasteiger charge is -2.51. The maximum absolute atomic E-state index is 6.82. The first-order valence-electron chi connectivity index (χ1n) is 8.27. The van der Waals surface area contributed by atoms with Crippen molar-refractivity contribution in [1.82, 2.24) is 0 Å². The van der Waals surface area contributed by atoms with E-state index in [9.17, 15) is 0 Å². The van der Waals surface area contributed by atoms with Gasteiger partial charge in [-0.05, 0) is 53.4 Å². The SMILES string of the molecule is C=C[Si](C)(C)OC(C)(CC)[Si](C)(C)OC(C)(C)[Si](C)(C)C=C. The molecule has 0 amide bonds. The Hall–Kier alpha value is 0.0506. The van der Waals surface area contributed by atoms with Crippen LogP contribution in [-0.4, -0.2) is 35.2 Å². The van der Waals surface area contributed by atoms with Crippen molar-refractivity contribution in [3.63, 3.8) is 0 Å². The highest BCUT2D eigenvalue weighted by atomic mass is 28.4. The molecule has 22 heavy (non-hydrogen) atoms. The first-order valence-corrected chi connectivity index (χ1v) is 17.2. The second kappa shape index (κ2) is 6.89. The first kappa shape index (κ1) is 22.1. The lowest BCUT2D eigenvalue weighted by Crippen LogP contribution is -2.65. The van der Waals surface area contributed by atoms with Crippen LogP contribution in [0.4, 0.5) is 0 Å². The Labute approximate surface area is 142 Å². The van der Waals surface area contributed by atoms with Gasteiger partial charge in [-0.3, -0.25) is 0 Å². The molecule has 5 heteroatoms. The van der Waals surface area contributed by atoms with Crippen LogP contribution < -0.4 is 0 Å². The van der Waals surface area contributed by atoms with Gasteiger partial charge in [-0.25, -0.2) is 0 Å². The van der Waals surface area contributed by atoms with E-state index in [4.69, 9.17) is 8.85 Å². The molecule has 0 saturated heterocycles. The Kier molecular flexibility index (Phi) is 6.90. The standard InChI is InChI=1S/C17H38O2Si3/c1-13-17(6,19-21(9,10)15-3)22(11,12)18-16(4,5)20(7,8)14-2/h14-15H,2-3,13H2,1,4-12H3. The van der Waals surface area contributed by atoms with Gasteiger partial charge in [0.05, 0.1) is 5.22 Å². The molecule has 1 unspecified atom stereocenters. The molecule has 0 aliphatic carbocycles. The Morgan fingerprint density at radius 2 is 1.32 bits per heavy atom. The van der Waals surface area contributed by atoms with E-state index < -0.39 is 24.7 Å². The van der Waals surface area contributed by atoms with Crippen LogP contribution in [0, 0.1) is 0 Å². The molecule has 0 bridgehead atoms. The smallest absolute Gasteiger partial charge is 0.216 e. The van der Waals surface area contributed by atoms with Gasteiger partial charge < -0.3 is 8.85 Å². The quantitative estimate of drug-likeness (QED) is 0.498. The fourth-order valence-electron chi connectivity index (χ4n) is 2.37. The summed E-state index contributed by atoms with van der Waals surface area (Å²) in [5.74, 6) is 0. The van der Waals surface area contributed by atoms with Gasteiger partial charge in [-0.1, -0.05) is 31.4 Å². The molecule has 0 saturated carbocycles. The molecule has 0 aromatic rings. The molecule has 0 heterocycles. The first-order chi connectivity index (χ1) is 9.60. The van der Waals surface area contributed by atoms with Gasteiger partial charge >= 0.3 is 0 Å². The summed E-state index contributed by atoms with van der Waals surface area (Å²) in [6, 6.07) is 0. The summed E-state index contributed by atoms with van der Waals surface area (Å²) < 4.78 is 13.4. The maximum atomic E-state index is 6.82. The lowest BCUT2D eigenvalue weighted by atomic mass is 10.3. The summed E-state index contributed by atoms with van der Waals surface area (Å²) in [7, 11) is -5.62.